The minimum Gasteiger partial charge on any atom is -0.491 e. The summed E-state index contributed by atoms with van der Waals surface area (Å²) in [4.78, 5) is 44.1. The van der Waals surface area contributed by atoms with Crippen LogP contribution in [0.3, 0.4) is 0 Å². The van der Waals surface area contributed by atoms with Gasteiger partial charge in [-0.3, -0.25) is 14.4 Å². The van der Waals surface area contributed by atoms with Crippen LogP contribution in [0, 0.1) is 12.7 Å². The van der Waals surface area contributed by atoms with E-state index in [2.05, 4.69) is 15.6 Å². The van der Waals surface area contributed by atoms with E-state index in [-0.39, 0.29) is 55.7 Å². The maximum Gasteiger partial charge on any atom is 0.272 e. The summed E-state index contributed by atoms with van der Waals surface area (Å²) in [6, 6.07) is 13.1. The van der Waals surface area contributed by atoms with Gasteiger partial charge in [0.15, 0.2) is 0 Å². The number of carbonyl (C=O) groups is 3. The zero-order valence-corrected chi connectivity index (χ0v) is 19.5. The number of nitrogens with one attached hydrogen (secondary N) is 2. The summed E-state index contributed by atoms with van der Waals surface area (Å²) in [7, 11) is 0. The molecule has 1 aliphatic heterocycles. The number of rotatable bonds is 1. The van der Waals surface area contributed by atoms with Gasteiger partial charge < -0.3 is 20.3 Å². The molecule has 0 fully saturated rings. The molecule has 0 aliphatic carbocycles. The quantitative estimate of drug-likeness (QED) is 0.560. The largest absolute Gasteiger partial charge is 0.491 e. The topological polar surface area (TPSA) is 101 Å². The number of aryl methyl sites for hydroxylation is 1. The van der Waals surface area contributed by atoms with Crippen LogP contribution in [0.15, 0.2) is 48.5 Å². The van der Waals surface area contributed by atoms with Crippen molar-refractivity contribution >= 4 is 28.6 Å². The first kappa shape index (κ1) is 24.1. The summed E-state index contributed by atoms with van der Waals surface area (Å²) in [6.45, 7) is 3.07. The van der Waals surface area contributed by atoms with Crippen molar-refractivity contribution in [2.45, 2.75) is 19.8 Å². The summed E-state index contributed by atoms with van der Waals surface area (Å²) in [5.74, 6) is -0.948. The minimum absolute atomic E-state index is 0.102. The van der Waals surface area contributed by atoms with Crippen LogP contribution in [0.25, 0.3) is 10.9 Å². The smallest absolute Gasteiger partial charge is 0.272 e. The van der Waals surface area contributed by atoms with Gasteiger partial charge in [-0.2, -0.15) is 0 Å². The fourth-order valence-corrected chi connectivity index (χ4v) is 3.92. The highest BCUT2D eigenvalue weighted by atomic mass is 19.1. The van der Waals surface area contributed by atoms with Gasteiger partial charge in [0.2, 0.25) is 5.91 Å². The van der Waals surface area contributed by atoms with E-state index >= 15 is 0 Å². The van der Waals surface area contributed by atoms with Gasteiger partial charge in [-0.15, -0.1) is 0 Å². The molecule has 3 amide bonds. The number of ether oxygens (including phenoxy) is 1. The monoisotopic (exact) mass is 478 g/mol. The van der Waals surface area contributed by atoms with Gasteiger partial charge in [0.1, 0.15) is 29.4 Å². The van der Waals surface area contributed by atoms with Crippen molar-refractivity contribution in [2.75, 3.05) is 32.8 Å². The van der Waals surface area contributed by atoms with Crippen molar-refractivity contribution in [3.8, 4) is 5.75 Å². The number of nitrogens with zero attached hydrogens (tertiary/aromatic N) is 2. The Balaban J connectivity index is 1.55. The molecule has 0 saturated heterocycles. The SMILES string of the molecule is Cc1ccc2c(c1)C(=O)NCCN(C(=O)c1ccc3cccc(F)c3n1)CCCC(=O)NCCO2. The predicted octanol–water partition coefficient (Wildman–Crippen LogP) is 2.84. The maximum absolute atomic E-state index is 14.2. The van der Waals surface area contributed by atoms with Gasteiger partial charge in [-0.05, 0) is 37.6 Å². The molecule has 3 aromatic rings. The molecule has 182 valence electrons. The highest BCUT2D eigenvalue weighted by Crippen LogP contribution is 2.20. The highest BCUT2D eigenvalue weighted by Gasteiger charge is 2.20. The lowest BCUT2D eigenvalue weighted by Gasteiger charge is -2.23. The maximum atomic E-state index is 14.2. The van der Waals surface area contributed by atoms with Crippen LogP contribution >= 0.6 is 0 Å². The number of hydrogen-bond acceptors (Lipinski definition) is 5. The minimum atomic E-state index is -0.505. The van der Waals surface area contributed by atoms with Gasteiger partial charge in [0.25, 0.3) is 11.8 Å². The molecule has 0 bridgehead atoms. The van der Waals surface area contributed by atoms with Crippen molar-refractivity contribution < 1.29 is 23.5 Å². The first-order valence-electron chi connectivity index (χ1n) is 11.6. The standard InChI is InChI=1S/C26H27FN4O4/c1-17-7-10-22-19(16-17)25(33)29-11-14-31(13-3-6-23(32)28-12-15-35-22)26(34)21-9-8-18-4-2-5-20(27)24(18)30-21/h2,4-5,7-10,16H,3,6,11-15H2,1H3,(H,28,32)(H,29,33). The Morgan fingerprint density at radius 3 is 2.77 bits per heavy atom. The van der Waals surface area contributed by atoms with Crippen LogP contribution in [-0.2, 0) is 4.79 Å². The van der Waals surface area contributed by atoms with E-state index in [1.807, 2.05) is 13.0 Å². The molecule has 0 radical (unpaired) electrons. The summed E-state index contributed by atoms with van der Waals surface area (Å²) < 4.78 is 19.9. The summed E-state index contributed by atoms with van der Waals surface area (Å²) >= 11 is 0. The molecule has 2 N–H and O–H groups in total. The third-order valence-electron chi connectivity index (χ3n) is 5.74. The normalized spacial score (nSPS) is 15.8. The van der Waals surface area contributed by atoms with E-state index in [1.165, 1.54) is 11.0 Å². The molecule has 0 spiro atoms. The first-order chi connectivity index (χ1) is 16.9. The number of pyridine rings is 1. The van der Waals surface area contributed by atoms with E-state index in [0.717, 1.165) is 5.56 Å². The summed E-state index contributed by atoms with van der Waals surface area (Å²) in [6.07, 6.45) is 0.652. The van der Waals surface area contributed by atoms with Gasteiger partial charge in [-0.1, -0.05) is 29.8 Å². The van der Waals surface area contributed by atoms with E-state index < -0.39 is 11.7 Å². The van der Waals surface area contributed by atoms with Crippen LogP contribution in [-0.4, -0.2) is 60.4 Å². The van der Waals surface area contributed by atoms with Crippen LogP contribution in [0.1, 0.15) is 39.3 Å². The van der Waals surface area contributed by atoms with Crippen molar-refractivity contribution in [1.29, 1.82) is 0 Å². The van der Waals surface area contributed by atoms with E-state index in [4.69, 9.17) is 4.74 Å². The Bertz CT molecular complexity index is 1260. The first-order valence-corrected chi connectivity index (χ1v) is 11.6. The number of para-hydroxylation sites is 1. The van der Waals surface area contributed by atoms with Crippen LogP contribution < -0.4 is 15.4 Å². The Hall–Kier alpha value is -4.01. The molecule has 0 atom stereocenters. The average Bonchev–Trinajstić information content (AvgIpc) is 2.86. The van der Waals surface area contributed by atoms with Crippen LogP contribution in [0.2, 0.25) is 0 Å². The molecule has 8 nitrogen and oxygen atoms in total. The van der Waals surface area contributed by atoms with Crippen molar-refractivity contribution in [1.82, 2.24) is 20.5 Å². The van der Waals surface area contributed by atoms with Gasteiger partial charge in [0.05, 0.1) is 12.1 Å². The Kier molecular flexibility index (Phi) is 7.54. The van der Waals surface area contributed by atoms with Crippen molar-refractivity contribution in [3.63, 3.8) is 0 Å². The van der Waals surface area contributed by atoms with E-state index in [9.17, 15) is 18.8 Å². The fraction of sp³-hybridized carbons (Fsp3) is 0.308. The number of carbonyl (C=O) groups excluding carboxylic acids is 3. The molecule has 0 unspecified atom stereocenters. The molecule has 9 heteroatoms. The van der Waals surface area contributed by atoms with Crippen molar-refractivity contribution in [2.24, 2.45) is 0 Å². The Labute approximate surface area is 202 Å². The zero-order chi connectivity index (χ0) is 24.8. The number of hydrogen-bond donors (Lipinski definition) is 2. The number of aromatic nitrogens is 1. The van der Waals surface area contributed by atoms with E-state index in [0.29, 0.717) is 29.7 Å². The molecular formula is C26H27FN4O4. The third kappa shape index (κ3) is 5.92. The van der Waals surface area contributed by atoms with Crippen LogP contribution in [0.5, 0.6) is 5.75 Å². The molecular weight excluding hydrogens is 451 g/mol. The Morgan fingerprint density at radius 2 is 1.91 bits per heavy atom. The fourth-order valence-electron chi connectivity index (χ4n) is 3.92. The lowest BCUT2D eigenvalue weighted by atomic mass is 10.1. The number of halogens is 1. The highest BCUT2D eigenvalue weighted by molar-refractivity contribution is 5.97. The van der Waals surface area contributed by atoms with Crippen molar-refractivity contribution in [3.05, 3.63) is 71.2 Å². The number of fused-ring (bicyclic) bond motifs is 2. The molecule has 2 heterocycles. The Morgan fingerprint density at radius 1 is 1.06 bits per heavy atom. The van der Waals surface area contributed by atoms with Gasteiger partial charge >= 0.3 is 0 Å². The van der Waals surface area contributed by atoms with Gasteiger partial charge in [-0.25, -0.2) is 9.37 Å². The van der Waals surface area contributed by atoms with Gasteiger partial charge in [0, 0.05) is 31.4 Å². The second-order valence-corrected chi connectivity index (χ2v) is 8.36. The lowest BCUT2D eigenvalue weighted by molar-refractivity contribution is -0.121. The lowest BCUT2D eigenvalue weighted by Crippen LogP contribution is -2.39. The molecule has 0 saturated carbocycles. The number of amides is 3. The molecule has 1 aliphatic rings. The average molecular weight is 479 g/mol. The van der Waals surface area contributed by atoms with E-state index in [1.54, 1.807) is 36.4 Å². The molecule has 35 heavy (non-hydrogen) atoms. The summed E-state index contributed by atoms with van der Waals surface area (Å²) in [5.41, 5.74) is 1.51. The molecule has 2 aromatic carbocycles. The predicted molar refractivity (Wildman–Crippen MR) is 129 cm³/mol. The molecule has 4 rings (SSSR count). The summed E-state index contributed by atoms with van der Waals surface area (Å²) in [5, 5.41) is 6.23. The molecule has 1 aromatic heterocycles. The van der Waals surface area contributed by atoms with Crippen LogP contribution in [0.4, 0.5) is 4.39 Å². The third-order valence-corrected chi connectivity index (χ3v) is 5.74. The zero-order valence-electron chi connectivity index (χ0n) is 19.5. The second-order valence-electron chi connectivity index (χ2n) is 8.36. The number of benzene rings is 2. The second kappa shape index (κ2) is 10.9.